The highest BCUT2D eigenvalue weighted by molar-refractivity contribution is 5.69. The van der Waals surface area contributed by atoms with Crippen LogP contribution in [0.5, 0.6) is 0 Å². The van der Waals surface area contributed by atoms with Crippen molar-refractivity contribution >= 4 is 5.97 Å². The lowest BCUT2D eigenvalue weighted by molar-refractivity contribution is -0.142. The number of carbonyl (C=O) groups excluding carboxylic acids is 1. The monoisotopic (exact) mass is 256 g/mol. The van der Waals surface area contributed by atoms with Crippen LogP contribution in [0.4, 0.5) is 0 Å². The number of ether oxygens (including phenoxy) is 1. The van der Waals surface area contributed by atoms with Gasteiger partial charge in [-0.05, 0) is 31.1 Å². The molecule has 104 valence electrons. The summed E-state index contributed by atoms with van der Waals surface area (Å²) in [5, 5.41) is 19.4. The van der Waals surface area contributed by atoms with Crippen LogP contribution in [-0.2, 0) is 9.53 Å². The van der Waals surface area contributed by atoms with Gasteiger partial charge in [-0.2, -0.15) is 0 Å². The van der Waals surface area contributed by atoms with E-state index < -0.39 is 6.10 Å². The van der Waals surface area contributed by atoms with Crippen LogP contribution in [0, 0.1) is 17.8 Å². The first-order valence-electron chi connectivity index (χ1n) is 6.64. The Bertz CT molecular complexity index is 288. The van der Waals surface area contributed by atoms with Crippen molar-refractivity contribution in [2.24, 2.45) is 17.8 Å². The molecule has 0 aliphatic heterocycles. The van der Waals surface area contributed by atoms with E-state index in [-0.39, 0.29) is 30.3 Å². The van der Waals surface area contributed by atoms with Gasteiger partial charge in [0.05, 0.1) is 13.2 Å². The summed E-state index contributed by atoms with van der Waals surface area (Å²) in [5.41, 5.74) is 0. The standard InChI is InChI=1S/C14H24O4/c1-3-4-5-6-12-10(8-13(16)18-2)7-11(9-15)14(12)17/h4-5,10-12,14-15,17H,3,6-9H2,1-2H3/b5-4+. The fourth-order valence-electron chi connectivity index (χ4n) is 2.80. The summed E-state index contributed by atoms with van der Waals surface area (Å²) in [6.07, 6.45) is 6.34. The first-order valence-corrected chi connectivity index (χ1v) is 6.64. The second kappa shape index (κ2) is 7.54. The van der Waals surface area contributed by atoms with Gasteiger partial charge >= 0.3 is 5.97 Å². The molecule has 1 aliphatic carbocycles. The van der Waals surface area contributed by atoms with E-state index in [1.165, 1.54) is 7.11 Å². The molecule has 1 saturated carbocycles. The van der Waals surface area contributed by atoms with Gasteiger partial charge in [-0.25, -0.2) is 0 Å². The molecule has 0 aromatic carbocycles. The summed E-state index contributed by atoms with van der Waals surface area (Å²) in [5.74, 6) is -0.204. The van der Waals surface area contributed by atoms with Gasteiger partial charge in [-0.1, -0.05) is 19.1 Å². The lowest BCUT2D eigenvalue weighted by Gasteiger charge is -2.20. The van der Waals surface area contributed by atoms with Crippen molar-refractivity contribution in [2.45, 2.75) is 38.7 Å². The molecule has 4 atom stereocenters. The Kier molecular flexibility index (Phi) is 6.36. The third kappa shape index (κ3) is 3.82. The molecule has 2 N–H and O–H groups in total. The van der Waals surface area contributed by atoms with Gasteiger partial charge in [0.15, 0.2) is 0 Å². The van der Waals surface area contributed by atoms with Crippen LogP contribution in [-0.4, -0.2) is 36.0 Å². The fourth-order valence-corrected chi connectivity index (χ4v) is 2.80. The minimum Gasteiger partial charge on any atom is -0.469 e. The van der Waals surface area contributed by atoms with Crippen LogP contribution < -0.4 is 0 Å². The summed E-state index contributed by atoms with van der Waals surface area (Å²) >= 11 is 0. The maximum absolute atomic E-state index is 11.4. The van der Waals surface area contributed by atoms with Crippen molar-refractivity contribution < 1.29 is 19.7 Å². The van der Waals surface area contributed by atoms with Gasteiger partial charge in [0.2, 0.25) is 0 Å². The summed E-state index contributed by atoms with van der Waals surface area (Å²) in [6, 6.07) is 0. The molecule has 4 nitrogen and oxygen atoms in total. The number of carbonyl (C=O) groups is 1. The smallest absolute Gasteiger partial charge is 0.305 e. The lowest BCUT2D eigenvalue weighted by atomic mass is 9.89. The molecule has 0 aromatic heterocycles. The van der Waals surface area contributed by atoms with Crippen molar-refractivity contribution in [3.8, 4) is 0 Å². The fraction of sp³-hybridized carbons (Fsp3) is 0.786. The number of aliphatic hydroxyl groups is 2. The summed E-state index contributed by atoms with van der Waals surface area (Å²) in [7, 11) is 1.38. The van der Waals surface area contributed by atoms with E-state index in [0.717, 1.165) is 12.8 Å². The zero-order chi connectivity index (χ0) is 13.5. The van der Waals surface area contributed by atoms with Gasteiger partial charge in [0.1, 0.15) is 0 Å². The highest BCUT2D eigenvalue weighted by Crippen LogP contribution is 2.40. The summed E-state index contributed by atoms with van der Waals surface area (Å²) in [4.78, 5) is 11.4. The summed E-state index contributed by atoms with van der Waals surface area (Å²) in [6.45, 7) is 2.04. The van der Waals surface area contributed by atoms with Gasteiger partial charge < -0.3 is 14.9 Å². The van der Waals surface area contributed by atoms with Crippen LogP contribution in [0.1, 0.15) is 32.6 Å². The SMILES string of the molecule is CC/C=C/CC1C(CC(=O)OC)CC(CO)C1O. The van der Waals surface area contributed by atoms with Crippen LogP contribution in [0.3, 0.4) is 0 Å². The Morgan fingerprint density at radius 3 is 2.67 bits per heavy atom. The van der Waals surface area contributed by atoms with Gasteiger partial charge in [-0.15, -0.1) is 0 Å². The van der Waals surface area contributed by atoms with Gasteiger partial charge in [-0.3, -0.25) is 4.79 Å². The normalized spacial score (nSPS) is 32.0. The maximum atomic E-state index is 11.4. The molecule has 1 fully saturated rings. The van der Waals surface area contributed by atoms with Crippen LogP contribution in [0.25, 0.3) is 0 Å². The predicted molar refractivity (Wildman–Crippen MR) is 68.9 cm³/mol. The van der Waals surface area contributed by atoms with Crippen molar-refractivity contribution in [3.05, 3.63) is 12.2 Å². The second-order valence-electron chi connectivity index (χ2n) is 4.99. The molecule has 1 rings (SSSR count). The molecule has 1 aliphatic rings. The Hall–Kier alpha value is -0.870. The molecule has 4 heteroatoms. The number of hydrogen-bond acceptors (Lipinski definition) is 4. The predicted octanol–water partition coefficient (Wildman–Crippen LogP) is 1.51. The number of allylic oxidation sites excluding steroid dienone is 2. The van der Waals surface area contributed by atoms with Crippen molar-refractivity contribution in [1.29, 1.82) is 0 Å². The number of methoxy groups -OCH3 is 1. The average Bonchev–Trinajstić information content (AvgIpc) is 2.66. The minimum absolute atomic E-state index is 0.0210. The third-order valence-corrected chi connectivity index (χ3v) is 3.83. The number of hydrogen-bond donors (Lipinski definition) is 2. The van der Waals surface area contributed by atoms with E-state index in [0.29, 0.717) is 12.8 Å². The van der Waals surface area contributed by atoms with Crippen molar-refractivity contribution in [1.82, 2.24) is 0 Å². The zero-order valence-electron chi connectivity index (χ0n) is 11.2. The minimum atomic E-state index is -0.522. The van der Waals surface area contributed by atoms with Crippen LogP contribution in [0.2, 0.25) is 0 Å². The molecule has 0 aromatic rings. The van der Waals surface area contributed by atoms with Crippen LogP contribution >= 0.6 is 0 Å². The second-order valence-corrected chi connectivity index (χ2v) is 4.99. The first kappa shape index (κ1) is 15.2. The Morgan fingerprint density at radius 2 is 2.11 bits per heavy atom. The van der Waals surface area contributed by atoms with Gasteiger partial charge in [0, 0.05) is 18.9 Å². The molecule has 0 heterocycles. The van der Waals surface area contributed by atoms with Crippen LogP contribution in [0.15, 0.2) is 12.2 Å². The summed E-state index contributed by atoms with van der Waals surface area (Å²) < 4.78 is 4.69. The van der Waals surface area contributed by atoms with Crippen molar-refractivity contribution in [3.63, 3.8) is 0 Å². The molecule has 0 saturated heterocycles. The van der Waals surface area contributed by atoms with E-state index >= 15 is 0 Å². The molecular formula is C14H24O4. The van der Waals surface area contributed by atoms with E-state index in [4.69, 9.17) is 0 Å². The Balaban J connectivity index is 2.65. The molecule has 18 heavy (non-hydrogen) atoms. The lowest BCUT2D eigenvalue weighted by Crippen LogP contribution is -2.25. The molecule has 4 unspecified atom stereocenters. The van der Waals surface area contributed by atoms with E-state index in [1.54, 1.807) is 0 Å². The molecule has 0 bridgehead atoms. The maximum Gasteiger partial charge on any atom is 0.305 e. The number of esters is 1. The molecular weight excluding hydrogens is 232 g/mol. The topological polar surface area (TPSA) is 66.8 Å². The largest absolute Gasteiger partial charge is 0.469 e. The Morgan fingerprint density at radius 1 is 1.39 bits per heavy atom. The zero-order valence-corrected chi connectivity index (χ0v) is 11.2. The third-order valence-electron chi connectivity index (χ3n) is 3.83. The van der Waals surface area contributed by atoms with Gasteiger partial charge in [0.25, 0.3) is 0 Å². The quantitative estimate of drug-likeness (QED) is 0.558. The number of aliphatic hydroxyl groups excluding tert-OH is 2. The number of rotatable bonds is 6. The highest BCUT2D eigenvalue weighted by atomic mass is 16.5. The van der Waals surface area contributed by atoms with E-state index in [9.17, 15) is 15.0 Å². The van der Waals surface area contributed by atoms with E-state index in [2.05, 4.69) is 23.8 Å². The first-order chi connectivity index (χ1) is 8.63. The highest BCUT2D eigenvalue weighted by Gasteiger charge is 2.41. The molecule has 0 spiro atoms. The van der Waals surface area contributed by atoms with E-state index in [1.807, 2.05) is 0 Å². The molecule has 0 radical (unpaired) electrons. The molecule has 0 amide bonds. The Labute approximate surface area is 109 Å². The van der Waals surface area contributed by atoms with Crippen molar-refractivity contribution in [2.75, 3.05) is 13.7 Å². The average molecular weight is 256 g/mol.